The van der Waals surface area contributed by atoms with E-state index in [9.17, 15) is 18.0 Å². The Morgan fingerprint density at radius 3 is 2.58 bits per heavy atom. The number of hydrogen-bond acceptors (Lipinski definition) is 3. The third-order valence-corrected chi connectivity index (χ3v) is 2.47. The molecule has 2 aromatic heterocycles. The van der Waals surface area contributed by atoms with Crippen LogP contribution in [-0.2, 0) is 12.7 Å². The third kappa shape index (κ3) is 3.12. The molecule has 4 nitrogen and oxygen atoms in total. The Bertz CT molecular complexity index is 649. The first kappa shape index (κ1) is 13.1. The number of halogens is 3. The summed E-state index contributed by atoms with van der Waals surface area (Å²) in [4.78, 5) is 15.5. The van der Waals surface area contributed by atoms with Crippen molar-refractivity contribution in [3.05, 3.63) is 58.1 Å². The number of nitrogens with two attached hydrogens (primary N) is 1. The maximum absolute atomic E-state index is 12.6. The lowest BCUT2D eigenvalue weighted by molar-refractivity contribution is -0.138. The number of pyridine rings is 2. The molecule has 0 unspecified atom stereocenters. The largest absolute Gasteiger partial charge is 0.417 e. The van der Waals surface area contributed by atoms with Gasteiger partial charge in [0.05, 0.1) is 17.8 Å². The number of anilines is 1. The van der Waals surface area contributed by atoms with Crippen LogP contribution in [0.1, 0.15) is 11.3 Å². The highest BCUT2D eigenvalue weighted by molar-refractivity contribution is 5.29. The molecule has 2 aromatic rings. The average molecular weight is 269 g/mol. The lowest BCUT2D eigenvalue weighted by Crippen LogP contribution is -2.22. The fourth-order valence-electron chi connectivity index (χ4n) is 1.58. The predicted molar refractivity (Wildman–Crippen MR) is 63.5 cm³/mol. The van der Waals surface area contributed by atoms with E-state index in [0.29, 0.717) is 5.69 Å². The van der Waals surface area contributed by atoms with Crippen LogP contribution < -0.4 is 11.3 Å². The number of alkyl halides is 3. The molecule has 7 heteroatoms. The van der Waals surface area contributed by atoms with Gasteiger partial charge < -0.3 is 10.3 Å². The zero-order valence-corrected chi connectivity index (χ0v) is 9.69. The van der Waals surface area contributed by atoms with Crippen LogP contribution >= 0.6 is 0 Å². The summed E-state index contributed by atoms with van der Waals surface area (Å²) >= 11 is 0. The Morgan fingerprint density at radius 1 is 1.21 bits per heavy atom. The van der Waals surface area contributed by atoms with Gasteiger partial charge in [-0.2, -0.15) is 13.2 Å². The van der Waals surface area contributed by atoms with Gasteiger partial charge in [-0.3, -0.25) is 4.79 Å². The predicted octanol–water partition coefficient (Wildman–Crippen LogP) is 1.89. The van der Waals surface area contributed by atoms with Crippen molar-refractivity contribution in [3.63, 3.8) is 0 Å². The zero-order valence-electron chi connectivity index (χ0n) is 9.69. The van der Waals surface area contributed by atoms with Crippen LogP contribution in [0.2, 0.25) is 0 Å². The molecule has 0 bridgehead atoms. The topological polar surface area (TPSA) is 60.9 Å². The Labute approximate surface area is 106 Å². The highest BCUT2D eigenvalue weighted by Gasteiger charge is 2.31. The van der Waals surface area contributed by atoms with Crippen LogP contribution in [0.4, 0.5) is 19.0 Å². The van der Waals surface area contributed by atoms with E-state index in [-0.39, 0.29) is 12.4 Å². The van der Waals surface area contributed by atoms with Crippen molar-refractivity contribution >= 4 is 5.82 Å². The van der Waals surface area contributed by atoms with Gasteiger partial charge in [-0.15, -0.1) is 0 Å². The summed E-state index contributed by atoms with van der Waals surface area (Å²) in [5.41, 5.74) is 4.48. The molecule has 100 valence electrons. The first-order chi connectivity index (χ1) is 8.86. The van der Waals surface area contributed by atoms with Crippen molar-refractivity contribution in [2.45, 2.75) is 12.7 Å². The molecule has 19 heavy (non-hydrogen) atoms. The van der Waals surface area contributed by atoms with E-state index < -0.39 is 17.3 Å². The molecule has 2 N–H and O–H groups in total. The summed E-state index contributed by atoms with van der Waals surface area (Å²) in [6, 6.07) is 6.40. The van der Waals surface area contributed by atoms with Gasteiger partial charge in [0, 0.05) is 12.3 Å². The van der Waals surface area contributed by atoms with Crippen molar-refractivity contribution in [2.24, 2.45) is 0 Å². The molecule has 0 saturated carbocycles. The second kappa shape index (κ2) is 4.75. The van der Waals surface area contributed by atoms with Crippen LogP contribution in [0.15, 0.2) is 41.3 Å². The normalized spacial score (nSPS) is 11.5. The average Bonchev–Trinajstić information content (AvgIpc) is 2.30. The third-order valence-electron chi connectivity index (χ3n) is 2.47. The Balaban J connectivity index is 2.37. The van der Waals surface area contributed by atoms with E-state index in [4.69, 9.17) is 5.73 Å². The number of hydrogen-bond donors (Lipinski definition) is 1. The second-order valence-corrected chi connectivity index (χ2v) is 3.94. The summed E-state index contributed by atoms with van der Waals surface area (Å²) in [7, 11) is 0. The second-order valence-electron chi connectivity index (χ2n) is 3.94. The van der Waals surface area contributed by atoms with Gasteiger partial charge in [0.1, 0.15) is 5.82 Å². The number of nitrogens with zero attached hydrogens (tertiary/aromatic N) is 2. The van der Waals surface area contributed by atoms with Crippen molar-refractivity contribution < 1.29 is 13.2 Å². The van der Waals surface area contributed by atoms with Gasteiger partial charge in [-0.05, 0) is 18.2 Å². The Hall–Kier alpha value is -2.31. The number of rotatable bonds is 2. The lowest BCUT2D eigenvalue weighted by Gasteiger charge is -2.10. The molecule has 0 fully saturated rings. The monoisotopic (exact) mass is 269 g/mol. The van der Waals surface area contributed by atoms with Gasteiger partial charge in [-0.25, -0.2) is 4.98 Å². The Morgan fingerprint density at radius 2 is 1.95 bits per heavy atom. The zero-order chi connectivity index (χ0) is 14.0. The minimum Gasteiger partial charge on any atom is -0.384 e. The van der Waals surface area contributed by atoms with Gasteiger partial charge in [0.15, 0.2) is 0 Å². The molecule has 0 aliphatic carbocycles. The molecule has 2 heterocycles. The van der Waals surface area contributed by atoms with Gasteiger partial charge in [0.2, 0.25) is 0 Å². The summed E-state index contributed by atoms with van der Waals surface area (Å²) in [5.74, 6) is 0.248. The Kier molecular flexibility index (Phi) is 3.28. The SMILES string of the molecule is Nc1cccc(Cn2cc(C(F)(F)F)ccc2=O)n1. The van der Waals surface area contributed by atoms with Gasteiger partial charge >= 0.3 is 6.18 Å². The van der Waals surface area contributed by atoms with Crippen molar-refractivity contribution in [1.29, 1.82) is 0 Å². The van der Waals surface area contributed by atoms with E-state index in [0.717, 1.165) is 22.9 Å². The molecule has 0 radical (unpaired) electrons. The smallest absolute Gasteiger partial charge is 0.384 e. The van der Waals surface area contributed by atoms with Crippen molar-refractivity contribution in [1.82, 2.24) is 9.55 Å². The summed E-state index contributed by atoms with van der Waals surface area (Å²) in [6.07, 6.45) is -3.72. The molecule has 0 aromatic carbocycles. The molecule has 0 aliphatic heterocycles. The van der Waals surface area contributed by atoms with Crippen molar-refractivity contribution in [3.8, 4) is 0 Å². The molecule has 0 atom stereocenters. The molecule has 0 saturated heterocycles. The molecule has 2 rings (SSSR count). The summed E-state index contributed by atoms with van der Waals surface area (Å²) in [6.45, 7) is -0.0617. The van der Waals surface area contributed by atoms with E-state index in [2.05, 4.69) is 4.98 Å². The van der Waals surface area contributed by atoms with E-state index >= 15 is 0 Å². The van der Waals surface area contributed by atoms with Crippen LogP contribution in [0.25, 0.3) is 0 Å². The molecule has 0 amide bonds. The quantitative estimate of drug-likeness (QED) is 0.905. The van der Waals surface area contributed by atoms with E-state index in [1.54, 1.807) is 18.2 Å². The summed E-state index contributed by atoms with van der Waals surface area (Å²) in [5, 5.41) is 0. The molecule has 0 spiro atoms. The van der Waals surface area contributed by atoms with Crippen LogP contribution in [0.3, 0.4) is 0 Å². The maximum Gasteiger partial charge on any atom is 0.417 e. The summed E-state index contributed by atoms with van der Waals surface area (Å²) < 4.78 is 38.6. The molecule has 0 aliphatic rings. The van der Waals surface area contributed by atoms with E-state index in [1.807, 2.05) is 0 Å². The first-order valence-corrected chi connectivity index (χ1v) is 5.35. The van der Waals surface area contributed by atoms with Gasteiger partial charge in [-0.1, -0.05) is 6.07 Å². The maximum atomic E-state index is 12.6. The van der Waals surface area contributed by atoms with Crippen LogP contribution in [0, 0.1) is 0 Å². The number of aromatic nitrogens is 2. The lowest BCUT2D eigenvalue weighted by atomic mass is 10.2. The van der Waals surface area contributed by atoms with Crippen LogP contribution in [-0.4, -0.2) is 9.55 Å². The molecular formula is C12H10F3N3O. The molecular weight excluding hydrogens is 259 g/mol. The van der Waals surface area contributed by atoms with Crippen molar-refractivity contribution in [2.75, 3.05) is 5.73 Å². The fourth-order valence-corrected chi connectivity index (χ4v) is 1.58. The van der Waals surface area contributed by atoms with Gasteiger partial charge in [0.25, 0.3) is 5.56 Å². The first-order valence-electron chi connectivity index (χ1n) is 5.35. The van der Waals surface area contributed by atoms with E-state index in [1.165, 1.54) is 0 Å². The standard InChI is InChI=1S/C12H10F3N3O/c13-12(14,15)8-4-5-11(19)18(6-8)7-9-2-1-3-10(16)17-9/h1-6H,7H2,(H2,16,17). The minimum atomic E-state index is -4.49. The fraction of sp³-hybridized carbons (Fsp3) is 0.167. The minimum absolute atomic E-state index is 0.0617. The highest BCUT2D eigenvalue weighted by Crippen LogP contribution is 2.28. The number of nitrogen functional groups attached to an aromatic ring is 1. The highest BCUT2D eigenvalue weighted by atomic mass is 19.4. The van der Waals surface area contributed by atoms with Crippen LogP contribution in [0.5, 0.6) is 0 Å².